The van der Waals surface area contributed by atoms with Crippen molar-refractivity contribution < 1.29 is 19.0 Å². The summed E-state index contributed by atoms with van der Waals surface area (Å²) in [6.07, 6.45) is -1.16. The van der Waals surface area contributed by atoms with Gasteiger partial charge in [0.05, 0.1) is 12.8 Å². The predicted molar refractivity (Wildman–Crippen MR) is 99.6 cm³/mol. The highest BCUT2D eigenvalue weighted by Crippen LogP contribution is 2.24. The second-order valence-electron chi connectivity index (χ2n) is 5.38. The molecule has 0 aliphatic rings. The Bertz CT molecular complexity index is 795. The van der Waals surface area contributed by atoms with Crippen LogP contribution in [0.15, 0.2) is 84.9 Å². The maximum Gasteiger partial charge on any atom is 0.321 e. The summed E-state index contributed by atoms with van der Waals surface area (Å²) in [5.74, 6) is 1.17. The summed E-state index contributed by atoms with van der Waals surface area (Å²) in [5, 5.41) is 2.79. The number of carbonyl (C=O) groups excluding carboxylic acids is 1. The number of benzene rings is 3. The third-order valence-electron chi connectivity index (χ3n) is 3.55. The molecule has 5 nitrogen and oxygen atoms in total. The number of hydrogen-bond donors (Lipinski definition) is 1. The van der Waals surface area contributed by atoms with E-state index in [0.29, 0.717) is 22.9 Å². The fraction of sp³-hybridized carbons (Fsp3) is 0.0952. The van der Waals surface area contributed by atoms with Gasteiger partial charge in [-0.15, -0.1) is 0 Å². The molecule has 1 amide bonds. The van der Waals surface area contributed by atoms with Gasteiger partial charge in [0.2, 0.25) is 0 Å². The Morgan fingerprint density at radius 2 is 1.27 bits per heavy atom. The van der Waals surface area contributed by atoms with Crippen LogP contribution in [-0.2, 0) is 4.79 Å². The number of methoxy groups -OCH3 is 1. The average Bonchev–Trinajstić information content (AvgIpc) is 2.69. The first-order valence-corrected chi connectivity index (χ1v) is 8.13. The molecule has 3 rings (SSSR count). The van der Waals surface area contributed by atoms with Gasteiger partial charge >= 0.3 is 12.2 Å². The molecule has 5 heteroatoms. The normalized spacial score (nSPS) is 10.2. The van der Waals surface area contributed by atoms with Gasteiger partial charge in [-0.3, -0.25) is 4.79 Å². The summed E-state index contributed by atoms with van der Waals surface area (Å²) >= 11 is 0. The van der Waals surface area contributed by atoms with Crippen LogP contribution in [0.4, 0.5) is 5.69 Å². The monoisotopic (exact) mass is 349 g/mol. The van der Waals surface area contributed by atoms with Gasteiger partial charge in [-0.2, -0.15) is 0 Å². The lowest BCUT2D eigenvalue weighted by Crippen LogP contribution is -2.38. The molecule has 3 aromatic carbocycles. The number of nitrogens with one attached hydrogen (secondary N) is 1. The average molecular weight is 349 g/mol. The third kappa shape index (κ3) is 4.54. The lowest BCUT2D eigenvalue weighted by molar-refractivity contribution is -0.134. The number of ether oxygens (including phenoxy) is 3. The maximum atomic E-state index is 12.8. The number of anilines is 1. The second kappa shape index (κ2) is 8.58. The number of rotatable bonds is 7. The quantitative estimate of drug-likeness (QED) is 0.652. The molecule has 0 aromatic heterocycles. The fourth-order valence-corrected chi connectivity index (χ4v) is 2.32. The Morgan fingerprint density at radius 3 is 1.81 bits per heavy atom. The van der Waals surface area contributed by atoms with Crippen LogP contribution in [-0.4, -0.2) is 19.3 Å². The minimum atomic E-state index is -1.16. The van der Waals surface area contributed by atoms with Crippen molar-refractivity contribution in [2.45, 2.75) is 6.29 Å². The van der Waals surface area contributed by atoms with Crippen molar-refractivity contribution in [2.24, 2.45) is 0 Å². The standard InChI is InChI=1S/C21H19NO4/c1-24-19-15-9-8-14-18(19)22-20(23)21(25-16-10-4-2-5-11-16)26-17-12-6-3-7-13-17/h2-15,21H,1H3,(H,22,23). The Hall–Kier alpha value is -3.47. The molecule has 0 atom stereocenters. The van der Waals surface area contributed by atoms with Crippen molar-refractivity contribution in [3.05, 3.63) is 84.9 Å². The smallest absolute Gasteiger partial charge is 0.321 e. The van der Waals surface area contributed by atoms with E-state index in [1.807, 2.05) is 48.5 Å². The van der Waals surface area contributed by atoms with Gasteiger partial charge in [0.25, 0.3) is 0 Å². The van der Waals surface area contributed by atoms with E-state index >= 15 is 0 Å². The lowest BCUT2D eigenvalue weighted by atomic mass is 10.3. The molecule has 26 heavy (non-hydrogen) atoms. The molecule has 0 heterocycles. The van der Waals surface area contributed by atoms with Gasteiger partial charge in [-0.05, 0) is 36.4 Å². The van der Waals surface area contributed by atoms with Crippen molar-refractivity contribution in [1.82, 2.24) is 0 Å². The molecular weight excluding hydrogens is 330 g/mol. The van der Waals surface area contributed by atoms with Gasteiger partial charge in [0.1, 0.15) is 17.2 Å². The lowest BCUT2D eigenvalue weighted by Gasteiger charge is -2.20. The summed E-state index contributed by atoms with van der Waals surface area (Å²) in [6.45, 7) is 0. The fourth-order valence-electron chi connectivity index (χ4n) is 2.32. The Balaban J connectivity index is 1.80. The summed E-state index contributed by atoms with van der Waals surface area (Å²) in [4.78, 5) is 12.8. The van der Waals surface area contributed by atoms with Crippen molar-refractivity contribution in [3.63, 3.8) is 0 Å². The highest BCUT2D eigenvalue weighted by Gasteiger charge is 2.24. The number of para-hydroxylation sites is 4. The van der Waals surface area contributed by atoms with Crippen LogP contribution >= 0.6 is 0 Å². The Morgan fingerprint density at radius 1 is 0.769 bits per heavy atom. The zero-order valence-corrected chi connectivity index (χ0v) is 14.3. The first-order valence-electron chi connectivity index (χ1n) is 8.13. The molecule has 0 fully saturated rings. The largest absolute Gasteiger partial charge is 0.495 e. The van der Waals surface area contributed by atoms with Gasteiger partial charge in [-0.25, -0.2) is 0 Å². The molecule has 0 spiro atoms. The zero-order valence-electron chi connectivity index (χ0n) is 14.3. The van der Waals surface area contributed by atoms with Gasteiger partial charge < -0.3 is 19.5 Å². The molecule has 0 unspecified atom stereocenters. The van der Waals surface area contributed by atoms with E-state index in [-0.39, 0.29) is 0 Å². The van der Waals surface area contributed by atoms with Crippen LogP contribution in [0.1, 0.15) is 0 Å². The third-order valence-corrected chi connectivity index (χ3v) is 3.55. The van der Waals surface area contributed by atoms with E-state index in [0.717, 1.165) is 0 Å². The summed E-state index contributed by atoms with van der Waals surface area (Å²) in [5.41, 5.74) is 0.540. The van der Waals surface area contributed by atoms with Gasteiger partial charge in [0, 0.05) is 0 Å². The summed E-state index contributed by atoms with van der Waals surface area (Å²) in [7, 11) is 1.55. The molecule has 3 aromatic rings. The van der Waals surface area contributed by atoms with Gasteiger partial charge in [0.15, 0.2) is 0 Å². The van der Waals surface area contributed by atoms with Crippen LogP contribution in [0.3, 0.4) is 0 Å². The first-order chi connectivity index (χ1) is 12.8. The number of hydrogen-bond acceptors (Lipinski definition) is 4. The van der Waals surface area contributed by atoms with E-state index in [2.05, 4.69) is 5.32 Å². The first kappa shape index (κ1) is 17.4. The number of carbonyl (C=O) groups is 1. The summed E-state index contributed by atoms with van der Waals surface area (Å²) in [6, 6.07) is 25.2. The Kier molecular flexibility index (Phi) is 5.72. The minimum Gasteiger partial charge on any atom is -0.495 e. The van der Waals surface area contributed by atoms with Crippen molar-refractivity contribution in [2.75, 3.05) is 12.4 Å². The SMILES string of the molecule is COc1ccccc1NC(=O)C(Oc1ccccc1)Oc1ccccc1. The topological polar surface area (TPSA) is 56.8 Å². The van der Waals surface area contributed by atoms with Crippen LogP contribution in [0.25, 0.3) is 0 Å². The van der Waals surface area contributed by atoms with Crippen LogP contribution in [0.2, 0.25) is 0 Å². The van der Waals surface area contributed by atoms with Crippen molar-refractivity contribution >= 4 is 11.6 Å². The zero-order chi connectivity index (χ0) is 18.2. The molecule has 0 saturated carbocycles. The molecule has 0 radical (unpaired) electrons. The molecule has 1 N–H and O–H groups in total. The molecule has 0 bridgehead atoms. The number of amides is 1. The molecule has 132 valence electrons. The van der Waals surface area contributed by atoms with E-state index < -0.39 is 12.2 Å². The van der Waals surface area contributed by atoms with E-state index in [1.165, 1.54) is 0 Å². The molecule has 0 aliphatic heterocycles. The van der Waals surface area contributed by atoms with E-state index in [9.17, 15) is 4.79 Å². The maximum absolute atomic E-state index is 12.8. The van der Waals surface area contributed by atoms with E-state index in [4.69, 9.17) is 14.2 Å². The summed E-state index contributed by atoms with van der Waals surface area (Å²) < 4.78 is 16.8. The molecule has 0 saturated heterocycles. The van der Waals surface area contributed by atoms with Crippen molar-refractivity contribution in [3.8, 4) is 17.2 Å². The highest BCUT2D eigenvalue weighted by atomic mass is 16.7. The minimum absolute atomic E-state index is 0.442. The van der Waals surface area contributed by atoms with Crippen molar-refractivity contribution in [1.29, 1.82) is 0 Å². The van der Waals surface area contributed by atoms with Gasteiger partial charge in [-0.1, -0.05) is 48.5 Å². The highest BCUT2D eigenvalue weighted by molar-refractivity contribution is 5.95. The predicted octanol–water partition coefficient (Wildman–Crippen LogP) is 4.12. The van der Waals surface area contributed by atoms with Crippen LogP contribution in [0.5, 0.6) is 17.2 Å². The van der Waals surface area contributed by atoms with Crippen LogP contribution in [0, 0.1) is 0 Å². The Labute approximate surface area is 152 Å². The molecular formula is C21H19NO4. The second-order valence-corrected chi connectivity index (χ2v) is 5.38. The molecule has 0 aliphatic carbocycles. The van der Waals surface area contributed by atoms with Crippen LogP contribution < -0.4 is 19.5 Å². The van der Waals surface area contributed by atoms with E-state index in [1.54, 1.807) is 43.5 Å².